The second-order valence-corrected chi connectivity index (χ2v) is 9.01. The zero-order valence-electron chi connectivity index (χ0n) is 16.2. The summed E-state index contributed by atoms with van der Waals surface area (Å²) in [5, 5.41) is 17.9. The van der Waals surface area contributed by atoms with Gasteiger partial charge in [0.2, 0.25) is 0 Å². The Morgan fingerprint density at radius 3 is 2.87 bits per heavy atom. The first kappa shape index (κ1) is 21.4. The molecule has 2 heterocycles. The molecular weight excluding hydrogens is 456 g/mol. The van der Waals surface area contributed by atoms with Crippen LogP contribution in [0.25, 0.3) is 6.08 Å². The summed E-state index contributed by atoms with van der Waals surface area (Å²) in [5.41, 5.74) is 1.87. The van der Waals surface area contributed by atoms with E-state index in [1.807, 2.05) is 41.8 Å². The van der Waals surface area contributed by atoms with Crippen molar-refractivity contribution in [1.82, 2.24) is 9.88 Å². The Balaban J connectivity index is 1.48. The van der Waals surface area contributed by atoms with Crippen LogP contribution < -0.4 is 5.32 Å². The van der Waals surface area contributed by atoms with Gasteiger partial charge in [-0.1, -0.05) is 41.9 Å². The molecular formula is C21H17ClN4O3S2. The molecule has 4 rings (SSSR count). The number of anilines is 1. The van der Waals surface area contributed by atoms with Crippen molar-refractivity contribution in [2.45, 2.75) is 6.54 Å². The van der Waals surface area contributed by atoms with Crippen molar-refractivity contribution in [2.24, 2.45) is 0 Å². The molecule has 1 aliphatic rings. The van der Waals surface area contributed by atoms with Gasteiger partial charge in [0.15, 0.2) is 5.13 Å². The van der Waals surface area contributed by atoms with Crippen LogP contribution in [0.2, 0.25) is 5.02 Å². The molecule has 0 radical (unpaired) electrons. The minimum Gasteiger partial charge on any atom is -0.357 e. The van der Waals surface area contributed by atoms with Crippen LogP contribution in [-0.2, 0) is 6.54 Å². The van der Waals surface area contributed by atoms with Crippen molar-refractivity contribution in [1.29, 1.82) is 0 Å². The molecule has 0 atom stereocenters. The van der Waals surface area contributed by atoms with Crippen molar-refractivity contribution in [3.05, 3.63) is 90.9 Å². The molecule has 1 saturated heterocycles. The summed E-state index contributed by atoms with van der Waals surface area (Å²) in [6.45, 7) is 1.20. The van der Waals surface area contributed by atoms with Gasteiger partial charge in [0, 0.05) is 35.9 Å². The number of nitro groups is 1. The van der Waals surface area contributed by atoms with Gasteiger partial charge in [0.25, 0.3) is 11.6 Å². The summed E-state index contributed by atoms with van der Waals surface area (Å²) >= 11 is 8.91. The fraction of sp³-hybridized carbons (Fsp3) is 0.143. The number of nitrogens with one attached hydrogen (secondary N) is 1. The number of halogens is 1. The summed E-state index contributed by atoms with van der Waals surface area (Å²) in [7, 11) is 0. The molecule has 0 unspecified atom stereocenters. The second kappa shape index (κ2) is 9.51. The number of rotatable bonds is 6. The molecule has 1 N–H and O–H groups in total. The van der Waals surface area contributed by atoms with E-state index >= 15 is 0 Å². The summed E-state index contributed by atoms with van der Waals surface area (Å²) in [6, 6.07) is 14.2. The number of amides is 1. The predicted octanol–water partition coefficient (Wildman–Crippen LogP) is 5.50. The Bertz CT molecular complexity index is 1150. The fourth-order valence-electron chi connectivity index (χ4n) is 3.03. The number of hydrogen-bond donors (Lipinski definition) is 1. The maximum absolute atomic E-state index is 13.0. The minimum atomic E-state index is -0.589. The highest BCUT2D eigenvalue weighted by Crippen LogP contribution is 2.33. The molecule has 3 aromatic rings. The van der Waals surface area contributed by atoms with Crippen LogP contribution in [0, 0.1) is 10.1 Å². The number of hydrogen-bond acceptors (Lipinski definition) is 7. The highest BCUT2D eigenvalue weighted by atomic mass is 35.5. The summed E-state index contributed by atoms with van der Waals surface area (Å²) in [6.07, 6.45) is 1.87. The van der Waals surface area contributed by atoms with Crippen LogP contribution in [0.15, 0.2) is 58.9 Å². The third kappa shape index (κ3) is 5.07. The van der Waals surface area contributed by atoms with Gasteiger partial charge in [-0.25, -0.2) is 4.98 Å². The fourth-order valence-corrected chi connectivity index (χ4v) is 4.90. The molecule has 0 saturated carbocycles. The Hall–Kier alpha value is -2.88. The lowest BCUT2D eigenvalue weighted by Gasteiger charge is -2.16. The number of carbonyl (C=O) groups is 1. The lowest BCUT2D eigenvalue weighted by atomic mass is 10.1. The highest BCUT2D eigenvalue weighted by Gasteiger charge is 2.27. The first-order valence-electron chi connectivity index (χ1n) is 9.35. The minimum absolute atomic E-state index is 0.00566. The highest BCUT2D eigenvalue weighted by molar-refractivity contribution is 8.03. The van der Waals surface area contributed by atoms with Crippen LogP contribution >= 0.6 is 34.7 Å². The average molecular weight is 473 g/mol. The van der Waals surface area contributed by atoms with Crippen molar-refractivity contribution < 1.29 is 9.72 Å². The van der Waals surface area contributed by atoms with Gasteiger partial charge in [-0.2, -0.15) is 0 Å². The second-order valence-electron chi connectivity index (χ2n) is 6.63. The van der Waals surface area contributed by atoms with Crippen molar-refractivity contribution in [3.63, 3.8) is 0 Å². The third-order valence-corrected chi connectivity index (χ3v) is 6.70. The van der Waals surface area contributed by atoms with E-state index in [2.05, 4.69) is 10.3 Å². The quantitative estimate of drug-likeness (QED) is 0.376. The Labute approximate surface area is 191 Å². The normalized spacial score (nSPS) is 14.7. The predicted molar refractivity (Wildman–Crippen MR) is 125 cm³/mol. The van der Waals surface area contributed by atoms with Crippen LogP contribution in [0.3, 0.4) is 0 Å². The van der Waals surface area contributed by atoms with E-state index in [9.17, 15) is 14.9 Å². The van der Waals surface area contributed by atoms with Gasteiger partial charge in [-0.3, -0.25) is 14.9 Å². The number of thiazole rings is 1. The molecule has 0 bridgehead atoms. The summed E-state index contributed by atoms with van der Waals surface area (Å²) in [5.74, 6) is 0.449. The van der Waals surface area contributed by atoms with Gasteiger partial charge in [0.05, 0.1) is 15.6 Å². The lowest BCUT2D eigenvalue weighted by molar-refractivity contribution is -0.384. The molecule has 1 fully saturated rings. The van der Waals surface area contributed by atoms with E-state index < -0.39 is 4.92 Å². The number of aromatic nitrogens is 1. The van der Waals surface area contributed by atoms with Crippen LogP contribution in [0.5, 0.6) is 0 Å². The van der Waals surface area contributed by atoms with Crippen molar-refractivity contribution in [3.8, 4) is 0 Å². The Morgan fingerprint density at radius 2 is 2.10 bits per heavy atom. The maximum atomic E-state index is 13.0. The largest absolute Gasteiger partial charge is 0.357 e. The number of carbonyl (C=O) groups excluding carboxylic acids is 1. The number of thioether (sulfide) groups is 1. The average Bonchev–Trinajstić information content (AvgIpc) is 3.42. The smallest absolute Gasteiger partial charge is 0.288 e. The molecule has 10 heteroatoms. The monoisotopic (exact) mass is 472 g/mol. The molecule has 2 aromatic carbocycles. The zero-order valence-corrected chi connectivity index (χ0v) is 18.5. The summed E-state index contributed by atoms with van der Waals surface area (Å²) in [4.78, 5) is 29.7. The zero-order chi connectivity index (χ0) is 21.8. The lowest BCUT2D eigenvalue weighted by Crippen LogP contribution is -2.26. The van der Waals surface area contributed by atoms with Crippen LogP contribution in [0.4, 0.5) is 10.8 Å². The van der Waals surface area contributed by atoms with Crippen molar-refractivity contribution >= 4 is 57.5 Å². The van der Waals surface area contributed by atoms with Gasteiger partial charge in [-0.05, 0) is 23.8 Å². The summed E-state index contributed by atoms with van der Waals surface area (Å²) < 4.78 is 0. The van der Waals surface area contributed by atoms with E-state index in [4.69, 9.17) is 11.6 Å². The van der Waals surface area contributed by atoms with E-state index in [-0.39, 0.29) is 22.2 Å². The first-order chi connectivity index (χ1) is 15.0. The van der Waals surface area contributed by atoms with Crippen LogP contribution in [-0.4, -0.2) is 33.0 Å². The van der Waals surface area contributed by atoms with Gasteiger partial charge < -0.3 is 10.2 Å². The molecule has 0 aliphatic carbocycles. The number of benzene rings is 2. The molecule has 1 amide bonds. The molecule has 0 spiro atoms. The van der Waals surface area contributed by atoms with Crippen molar-refractivity contribution in [2.75, 3.05) is 17.6 Å². The Kier molecular flexibility index (Phi) is 6.55. The maximum Gasteiger partial charge on any atom is 0.288 e. The molecule has 1 aromatic heterocycles. The van der Waals surface area contributed by atoms with E-state index in [1.165, 1.54) is 29.5 Å². The molecule has 158 valence electrons. The van der Waals surface area contributed by atoms with E-state index in [0.29, 0.717) is 13.1 Å². The Morgan fingerprint density at radius 1 is 1.29 bits per heavy atom. The van der Waals surface area contributed by atoms with Gasteiger partial charge >= 0.3 is 0 Å². The molecule has 1 aliphatic heterocycles. The SMILES string of the molecule is O=C(c1ccc(Cl)c([N+](=O)[O-])c1)N1CCS/C1=C/c1csc(NCc2ccccc2)n1. The standard InChI is InChI=1S/C21H17ClN4O3S2/c22-17-7-6-15(10-18(17)26(28)29)20(27)25-8-9-30-19(25)11-16-13-31-21(24-16)23-12-14-4-2-1-3-5-14/h1-7,10-11,13H,8-9,12H2,(H,23,24)/b19-11+. The van der Waals surface area contributed by atoms with E-state index in [1.54, 1.807) is 16.7 Å². The molecule has 7 nitrogen and oxygen atoms in total. The van der Waals surface area contributed by atoms with Crippen LogP contribution in [0.1, 0.15) is 21.6 Å². The topological polar surface area (TPSA) is 88.4 Å². The first-order valence-corrected chi connectivity index (χ1v) is 11.6. The van der Waals surface area contributed by atoms with Gasteiger partial charge in [0.1, 0.15) is 5.02 Å². The van der Waals surface area contributed by atoms with Gasteiger partial charge in [-0.15, -0.1) is 23.1 Å². The molecule has 31 heavy (non-hydrogen) atoms. The third-order valence-electron chi connectivity index (χ3n) is 4.55. The number of nitrogens with zero attached hydrogens (tertiary/aromatic N) is 3. The van der Waals surface area contributed by atoms with E-state index in [0.717, 1.165) is 27.2 Å². The number of nitro benzene ring substituents is 1.